The number of rotatable bonds is 10. The van der Waals surface area contributed by atoms with E-state index in [1.165, 1.54) is 0 Å². The third kappa shape index (κ3) is 5.31. The number of benzene rings is 1. The van der Waals surface area contributed by atoms with Gasteiger partial charge in [-0.15, -0.1) is 0 Å². The first-order valence-electron chi connectivity index (χ1n) is 10.1. The number of carbonyl (C=O) groups is 1. The van der Waals surface area contributed by atoms with E-state index in [4.69, 9.17) is 14.6 Å². The summed E-state index contributed by atoms with van der Waals surface area (Å²) in [6, 6.07) is 10.1. The Morgan fingerprint density at radius 3 is 2.75 bits per heavy atom. The second-order valence-electron chi connectivity index (χ2n) is 7.72. The van der Waals surface area contributed by atoms with Gasteiger partial charge in [-0.3, -0.25) is 0 Å². The first-order chi connectivity index (χ1) is 13.6. The molecule has 2 fully saturated rings. The van der Waals surface area contributed by atoms with Crippen molar-refractivity contribution in [2.45, 2.75) is 50.4 Å². The molecule has 5 nitrogen and oxygen atoms in total. The smallest absolute Gasteiger partial charge is 0.329 e. The third-order valence-corrected chi connectivity index (χ3v) is 5.87. The van der Waals surface area contributed by atoms with E-state index in [-0.39, 0.29) is 24.7 Å². The van der Waals surface area contributed by atoms with E-state index >= 15 is 0 Å². The van der Waals surface area contributed by atoms with Gasteiger partial charge in [-0.1, -0.05) is 61.6 Å². The van der Waals surface area contributed by atoms with Gasteiger partial charge in [0.15, 0.2) is 0 Å². The van der Waals surface area contributed by atoms with Crippen molar-refractivity contribution >= 4 is 5.97 Å². The van der Waals surface area contributed by atoms with Crippen LogP contribution in [0.3, 0.4) is 0 Å². The summed E-state index contributed by atoms with van der Waals surface area (Å²) in [6.45, 7) is 2.07. The lowest BCUT2D eigenvalue weighted by atomic mass is 9.77. The summed E-state index contributed by atoms with van der Waals surface area (Å²) in [6.07, 6.45) is 11.0. The van der Waals surface area contributed by atoms with Crippen molar-refractivity contribution in [3.63, 3.8) is 0 Å². The Bertz CT molecular complexity index is 683. The van der Waals surface area contributed by atoms with Gasteiger partial charge in [0, 0.05) is 11.8 Å². The zero-order valence-corrected chi connectivity index (χ0v) is 16.3. The SMILES string of the molecule is CC(c1ccccc1)C(O)C=C[C@H]1[C@@H](CC=CCOCC(=O)O)[C@H]2CC[C@@H]1O2. The topological polar surface area (TPSA) is 76.0 Å². The fraction of sp³-hybridized carbons (Fsp3) is 0.522. The molecule has 2 unspecified atom stereocenters. The molecule has 0 radical (unpaired) electrons. The molecule has 6 atom stereocenters. The standard InChI is InChI=1S/C23H30O5/c1-16(17-7-3-2-4-8-17)20(24)11-10-19-18(21-12-13-22(19)28-21)9-5-6-14-27-15-23(25)26/h2-8,10-11,16,18-22,24H,9,12-15H2,1H3,(H,25,26)/t16?,18-,19+,20?,21-,22+/m1/s1. The van der Waals surface area contributed by atoms with Crippen LogP contribution in [-0.4, -0.2) is 47.7 Å². The number of hydrogen-bond acceptors (Lipinski definition) is 4. The van der Waals surface area contributed by atoms with E-state index in [9.17, 15) is 9.90 Å². The lowest BCUT2D eigenvalue weighted by Crippen LogP contribution is -2.26. The fourth-order valence-corrected chi connectivity index (χ4v) is 4.28. The molecule has 2 saturated heterocycles. The van der Waals surface area contributed by atoms with Crippen LogP contribution in [0.5, 0.6) is 0 Å². The van der Waals surface area contributed by atoms with Crippen LogP contribution in [0.15, 0.2) is 54.6 Å². The minimum Gasteiger partial charge on any atom is -0.480 e. The van der Waals surface area contributed by atoms with Crippen molar-refractivity contribution in [1.29, 1.82) is 0 Å². The summed E-state index contributed by atoms with van der Waals surface area (Å²) in [7, 11) is 0. The number of aliphatic carboxylic acids is 1. The lowest BCUT2D eigenvalue weighted by molar-refractivity contribution is -0.141. The molecule has 2 aliphatic heterocycles. The summed E-state index contributed by atoms with van der Waals surface area (Å²) < 4.78 is 11.1. The number of carboxylic acid groups (broad SMARTS) is 1. The molecule has 0 amide bonds. The first-order valence-corrected chi connectivity index (χ1v) is 10.1. The molecule has 0 aromatic heterocycles. The monoisotopic (exact) mass is 386 g/mol. The van der Waals surface area contributed by atoms with Gasteiger partial charge in [0.25, 0.3) is 0 Å². The number of aliphatic hydroxyl groups is 1. The van der Waals surface area contributed by atoms with Crippen molar-refractivity contribution in [3.05, 3.63) is 60.2 Å². The molecule has 1 aromatic rings. The Hall–Kier alpha value is -1.95. The van der Waals surface area contributed by atoms with Crippen molar-refractivity contribution < 1.29 is 24.5 Å². The van der Waals surface area contributed by atoms with E-state index in [1.54, 1.807) is 0 Å². The van der Waals surface area contributed by atoms with Gasteiger partial charge in [-0.05, 0) is 30.7 Å². The summed E-state index contributed by atoms with van der Waals surface area (Å²) in [4.78, 5) is 10.4. The Labute approximate surface area is 166 Å². The Morgan fingerprint density at radius 1 is 1.25 bits per heavy atom. The van der Waals surface area contributed by atoms with Crippen molar-refractivity contribution in [2.24, 2.45) is 11.8 Å². The highest BCUT2D eigenvalue weighted by molar-refractivity contribution is 5.67. The molecule has 152 valence electrons. The van der Waals surface area contributed by atoms with Gasteiger partial charge in [0.05, 0.1) is 24.9 Å². The molecule has 2 N–H and O–H groups in total. The number of fused-ring (bicyclic) bond motifs is 2. The number of ether oxygens (including phenoxy) is 2. The minimum absolute atomic E-state index is 0.0432. The summed E-state index contributed by atoms with van der Waals surface area (Å²) in [5.74, 6) is -0.212. The predicted octanol–water partition coefficient (Wildman–Crippen LogP) is 3.55. The van der Waals surface area contributed by atoms with Gasteiger partial charge in [0.2, 0.25) is 0 Å². The van der Waals surface area contributed by atoms with Crippen LogP contribution < -0.4 is 0 Å². The van der Waals surface area contributed by atoms with Crippen LogP contribution in [0.25, 0.3) is 0 Å². The molecule has 5 heteroatoms. The molecule has 2 aliphatic rings. The van der Waals surface area contributed by atoms with E-state index in [0.717, 1.165) is 24.8 Å². The molecule has 3 rings (SSSR count). The van der Waals surface area contributed by atoms with E-state index in [1.807, 2.05) is 49.4 Å². The van der Waals surface area contributed by atoms with Gasteiger partial charge in [-0.25, -0.2) is 4.79 Å². The van der Waals surface area contributed by atoms with E-state index in [0.29, 0.717) is 18.4 Å². The molecule has 2 heterocycles. The lowest BCUT2D eigenvalue weighted by Gasteiger charge is -2.25. The third-order valence-electron chi connectivity index (χ3n) is 5.87. The zero-order chi connectivity index (χ0) is 19.9. The summed E-state index contributed by atoms with van der Waals surface area (Å²) in [5.41, 5.74) is 1.13. The van der Waals surface area contributed by atoms with Crippen molar-refractivity contribution in [2.75, 3.05) is 13.2 Å². The predicted molar refractivity (Wildman–Crippen MR) is 107 cm³/mol. The van der Waals surface area contributed by atoms with Crippen LogP contribution in [0.1, 0.15) is 37.7 Å². The molecule has 1 aromatic carbocycles. The minimum atomic E-state index is -0.955. The Morgan fingerprint density at radius 2 is 2.00 bits per heavy atom. The van der Waals surface area contributed by atoms with Gasteiger partial charge < -0.3 is 19.7 Å². The van der Waals surface area contributed by atoms with Gasteiger partial charge >= 0.3 is 5.97 Å². The Kier molecular flexibility index (Phi) is 7.43. The highest BCUT2D eigenvalue weighted by Crippen LogP contribution is 2.46. The van der Waals surface area contributed by atoms with Gasteiger partial charge in [-0.2, -0.15) is 0 Å². The maximum absolute atomic E-state index is 10.6. The summed E-state index contributed by atoms with van der Waals surface area (Å²) in [5, 5.41) is 19.2. The quantitative estimate of drug-likeness (QED) is 0.475. The van der Waals surface area contributed by atoms with Crippen LogP contribution in [0, 0.1) is 11.8 Å². The number of allylic oxidation sites excluding steroid dienone is 1. The zero-order valence-electron chi connectivity index (χ0n) is 16.3. The molecule has 2 bridgehead atoms. The second-order valence-corrected chi connectivity index (χ2v) is 7.72. The average Bonchev–Trinajstić information content (AvgIpc) is 3.30. The Balaban J connectivity index is 1.54. The van der Waals surface area contributed by atoms with E-state index < -0.39 is 12.1 Å². The number of aliphatic hydroxyl groups excluding tert-OH is 1. The second kappa shape index (κ2) is 10.0. The maximum Gasteiger partial charge on any atom is 0.329 e. The highest BCUT2D eigenvalue weighted by atomic mass is 16.5. The van der Waals surface area contributed by atoms with Crippen molar-refractivity contribution in [1.82, 2.24) is 0 Å². The van der Waals surface area contributed by atoms with E-state index in [2.05, 4.69) is 12.2 Å². The normalized spacial score (nSPS) is 28.9. The molecular weight excluding hydrogens is 356 g/mol. The molecule has 28 heavy (non-hydrogen) atoms. The average molecular weight is 386 g/mol. The van der Waals surface area contributed by atoms with Gasteiger partial charge in [0.1, 0.15) is 6.61 Å². The van der Waals surface area contributed by atoms with Crippen LogP contribution >= 0.6 is 0 Å². The fourth-order valence-electron chi connectivity index (χ4n) is 4.28. The van der Waals surface area contributed by atoms with Crippen molar-refractivity contribution in [3.8, 4) is 0 Å². The first kappa shape index (κ1) is 20.8. The number of hydrogen-bond donors (Lipinski definition) is 2. The van der Waals surface area contributed by atoms with Crippen LogP contribution in [0.4, 0.5) is 0 Å². The molecular formula is C23H30O5. The molecule has 0 aliphatic carbocycles. The molecule has 0 saturated carbocycles. The number of carboxylic acids is 1. The van der Waals surface area contributed by atoms with Crippen LogP contribution in [0.2, 0.25) is 0 Å². The maximum atomic E-state index is 10.6. The molecule has 0 spiro atoms. The largest absolute Gasteiger partial charge is 0.480 e. The highest BCUT2D eigenvalue weighted by Gasteiger charge is 2.46. The summed E-state index contributed by atoms with van der Waals surface area (Å²) >= 11 is 0. The van der Waals surface area contributed by atoms with Crippen LogP contribution in [-0.2, 0) is 14.3 Å².